The molecule has 3 rings (SSSR count). The van der Waals surface area contributed by atoms with Gasteiger partial charge in [-0.2, -0.15) is 0 Å². The van der Waals surface area contributed by atoms with Gasteiger partial charge in [-0.25, -0.2) is 0 Å². The number of benzene rings is 1. The van der Waals surface area contributed by atoms with Crippen molar-refractivity contribution in [3.63, 3.8) is 0 Å². The second-order valence-corrected chi connectivity index (χ2v) is 5.82. The van der Waals surface area contributed by atoms with Crippen LogP contribution < -0.4 is 10.1 Å². The van der Waals surface area contributed by atoms with Crippen molar-refractivity contribution >= 4 is 17.7 Å². The Morgan fingerprint density at radius 1 is 1.26 bits per heavy atom. The van der Waals surface area contributed by atoms with E-state index in [2.05, 4.69) is 5.32 Å². The van der Waals surface area contributed by atoms with E-state index in [0.717, 1.165) is 0 Å². The van der Waals surface area contributed by atoms with Crippen LogP contribution in [0.2, 0.25) is 0 Å². The fourth-order valence-electron chi connectivity index (χ4n) is 3.12. The molecule has 2 unspecified atom stereocenters. The van der Waals surface area contributed by atoms with Crippen molar-refractivity contribution in [3.05, 3.63) is 29.8 Å². The van der Waals surface area contributed by atoms with Gasteiger partial charge in [0.2, 0.25) is 11.8 Å². The predicted octanol–water partition coefficient (Wildman–Crippen LogP) is -0.133. The number of methoxy groups -OCH3 is 1. The molecular formula is C16H19N3O4. The van der Waals surface area contributed by atoms with Crippen LogP contribution in [-0.2, 0) is 9.59 Å². The molecule has 2 atom stereocenters. The fraction of sp³-hybridized carbons (Fsp3) is 0.438. The van der Waals surface area contributed by atoms with Crippen molar-refractivity contribution in [2.45, 2.75) is 18.5 Å². The first-order valence-electron chi connectivity index (χ1n) is 7.50. The lowest BCUT2D eigenvalue weighted by Crippen LogP contribution is -2.61. The predicted molar refractivity (Wildman–Crippen MR) is 82.0 cm³/mol. The summed E-state index contributed by atoms with van der Waals surface area (Å²) in [6, 6.07) is 5.80. The Hall–Kier alpha value is -2.57. The van der Waals surface area contributed by atoms with Crippen LogP contribution in [0.1, 0.15) is 16.8 Å². The summed E-state index contributed by atoms with van der Waals surface area (Å²) in [7, 11) is 3.17. The maximum atomic E-state index is 12.4. The fourth-order valence-corrected chi connectivity index (χ4v) is 3.12. The molecule has 1 N–H and O–H groups in total. The molecule has 7 heteroatoms. The maximum absolute atomic E-state index is 12.4. The zero-order valence-corrected chi connectivity index (χ0v) is 13.1. The third-order valence-corrected chi connectivity index (χ3v) is 4.39. The number of hydrogen-bond donors (Lipinski definition) is 1. The van der Waals surface area contributed by atoms with Crippen molar-refractivity contribution in [1.29, 1.82) is 0 Å². The number of likely N-dealkylation sites (N-methyl/N-ethyl adjacent to an activating group) is 1. The molecule has 122 valence electrons. The minimum absolute atomic E-state index is 0.0710. The Balaban J connectivity index is 1.73. The van der Waals surface area contributed by atoms with Gasteiger partial charge in [-0.05, 0) is 30.7 Å². The average Bonchev–Trinajstić information content (AvgIpc) is 2.97. The van der Waals surface area contributed by atoms with Crippen LogP contribution in [0.5, 0.6) is 5.75 Å². The first-order chi connectivity index (χ1) is 11.0. The number of carbonyl (C=O) groups is 3. The highest BCUT2D eigenvalue weighted by Gasteiger charge is 2.47. The minimum atomic E-state index is -0.594. The molecule has 0 radical (unpaired) electrons. The quantitative estimate of drug-likeness (QED) is 0.842. The molecule has 2 saturated heterocycles. The molecule has 2 aliphatic rings. The summed E-state index contributed by atoms with van der Waals surface area (Å²) >= 11 is 0. The van der Waals surface area contributed by atoms with Gasteiger partial charge < -0.3 is 19.9 Å². The maximum Gasteiger partial charge on any atom is 0.251 e. The van der Waals surface area contributed by atoms with Gasteiger partial charge in [0.1, 0.15) is 11.8 Å². The monoisotopic (exact) mass is 317 g/mol. The average molecular weight is 317 g/mol. The zero-order chi connectivity index (χ0) is 16.6. The van der Waals surface area contributed by atoms with E-state index in [1.807, 2.05) is 0 Å². The molecule has 1 aromatic rings. The van der Waals surface area contributed by atoms with Gasteiger partial charge in [-0.15, -0.1) is 0 Å². The van der Waals surface area contributed by atoms with Crippen LogP contribution in [0.15, 0.2) is 24.3 Å². The Morgan fingerprint density at radius 3 is 2.61 bits per heavy atom. The second-order valence-electron chi connectivity index (χ2n) is 5.82. The van der Waals surface area contributed by atoms with Crippen LogP contribution in [0, 0.1) is 0 Å². The number of amides is 3. The summed E-state index contributed by atoms with van der Waals surface area (Å²) in [5.74, 6) is 0.219. The topological polar surface area (TPSA) is 79.0 Å². The normalized spacial score (nSPS) is 23.7. The summed E-state index contributed by atoms with van der Waals surface area (Å²) in [5.41, 5.74) is 0.493. The molecular weight excluding hydrogens is 298 g/mol. The zero-order valence-electron chi connectivity index (χ0n) is 13.1. The van der Waals surface area contributed by atoms with Crippen molar-refractivity contribution in [3.8, 4) is 5.75 Å². The van der Waals surface area contributed by atoms with E-state index in [1.54, 1.807) is 43.3 Å². The van der Waals surface area contributed by atoms with E-state index >= 15 is 0 Å². The summed E-state index contributed by atoms with van der Waals surface area (Å²) < 4.78 is 5.06. The van der Waals surface area contributed by atoms with E-state index in [1.165, 1.54) is 4.90 Å². The second kappa shape index (κ2) is 5.91. The molecule has 3 amide bonds. The van der Waals surface area contributed by atoms with Gasteiger partial charge in [-0.1, -0.05) is 0 Å². The highest BCUT2D eigenvalue weighted by Crippen LogP contribution is 2.24. The largest absolute Gasteiger partial charge is 0.497 e. The highest BCUT2D eigenvalue weighted by atomic mass is 16.5. The van der Waals surface area contributed by atoms with Crippen LogP contribution >= 0.6 is 0 Å². The van der Waals surface area contributed by atoms with Gasteiger partial charge in [0.25, 0.3) is 5.91 Å². The lowest BCUT2D eigenvalue weighted by Gasteiger charge is -2.36. The van der Waals surface area contributed by atoms with E-state index in [0.29, 0.717) is 24.3 Å². The summed E-state index contributed by atoms with van der Waals surface area (Å²) in [4.78, 5) is 39.7. The molecule has 0 aromatic heterocycles. The SMILES string of the molecule is COc1ccc(C(=O)NC2CCN3C(=O)CN(C)C(=O)C23)cc1. The van der Waals surface area contributed by atoms with Crippen LogP contribution in [-0.4, -0.2) is 66.9 Å². The molecule has 0 aliphatic carbocycles. The number of fused-ring (bicyclic) bond motifs is 1. The smallest absolute Gasteiger partial charge is 0.251 e. The Labute approximate surface area is 134 Å². The van der Waals surface area contributed by atoms with E-state index in [9.17, 15) is 14.4 Å². The number of nitrogens with one attached hydrogen (secondary N) is 1. The first-order valence-corrected chi connectivity index (χ1v) is 7.50. The van der Waals surface area contributed by atoms with Gasteiger partial charge in [0.15, 0.2) is 0 Å². The number of rotatable bonds is 3. The standard InChI is InChI=1S/C16H19N3O4/c1-18-9-13(20)19-8-7-12(14(19)16(18)22)17-15(21)10-3-5-11(23-2)6-4-10/h3-6,12,14H,7-9H2,1-2H3,(H,17,21). The number of hydrogen-bond acceptors (Lipinski definition) is 4. The van der Waals surface area contributed by atoms with Crippen molar-refractivity contribution in [2.75, 3.05) is 27.2 Å². The molecule has 2 fully saturated rings. The van der Waals surface area contributed by atoms with Crippen LogP contribution in [0.4, 0.5) is 0 Å². The lowest BCUT2D eigenvalue weighted by atomic mass is 10.1. The molecule has 2 aliphatic heterocycles. The summed E-state index contributed by atoms with van der Waals surface area (Å²) in [5, 5.41) is 2.88. The Morgan fingerprint density at radius 2 is 1.96 bits per heavy atom. The Kier molecular flexibility index (Phi) is 3.94. The third-order valence-electron chi connectivity index (χ3n) is 4.39. The third kappa shape index (κ3) is 2.74. The number of piperazine rings is 1. The molecule has 0 saturated carbocycles. The Bertz CT molecular complexity index is 643. The molecule has 2 heterocycles. The van der Waals surface area contributed by atoms with Crippen molar-refractivity contribution in [2.24, 2.45) is 0 Å². The van der Waals surface area contributed by atoms with Crippen LogP contribution in [0.3, 0.4) is 0 Å². The lowest BCUT2D eigenvalue weighted by molar-refractivity contribution is -0.152. The minimum Gasteiger partial charge on any atom is -0.497 e. The van der Waals surface area contributed by atoms with Gasteiger partial charge in [0, 0.05) is 19.2 Å². The van der Waals surface area contributed by atoms with E-state index in [4.69, 9.17) is 4.74 Å². The summed E-state index contributed by atoms with van der Waals surface area (Å²) in [6.07, 6.45) is 0.581. The molecule has 23 heavy (non-hydrogen) atoms. The number of nitrogens with zero attached hydrogens (tertiary/aromatic N) is 2. The molecule has 7 nitrogen and oxygen atoms in total. The molecule has 1 aromatic carbocycles. The summed E-state index contributed by atoms with van der Waals surface area (Å²) in [6.45, 7) is 0.602. The van der Waals surface area contributed by atoms with Crippen LogP contribution in [0.25, 0.3) is 0 Å². The van der Waals surface area contributed by atoms with E-state index in [-0.39, 0.29) is 30.3 Å². The van der Waals surface area contributed by atoms with Gasteiger partial charge in [0.05, 0.1) is 19.7 Å². The van der Waals surface area contributed by atoms with Crippen molar-refractivity contribution < 1.29 is 19.1 Å². The first kappa shape index (κ1) is 15.3. The van der Waals surface area contributed by atoms with Gasteiger partial charge >= 0.3 is 0 Å². The highest BCUT2D eigenvalue weighted by molar-refractivity contribution is 5.98. The van der Waals surface area contributed by atoms with Crippen molar-refractivity contribution in [1.82, 2.24) is 15.1 Å². The number of ether oxygens (including phenoxy) is 1. The van der Waals surface area contributed by atoms with E-state index < -0.39 is 6.04 Å². The molecule has 0 spiro atoms. The number of carbonyl (C=O) groups excluding carboxylic acids is 3. The van der Waals surface area contributed by atoms with Gasteiger partial charge in [-0.3, -0.25) is 14.4 Å². The molecule has 0 bridgehead atoms.